The number of carbonyl (C=O) groups excluding carboxylic acids is 1. The van der Waals surface area contributed by atoms with Crippen molar-refractivity contribution in [2.24, 2.45) is 11.7 Å². The number of nitrogens with two attached hydrogens (primary N) is 1. The average molecular weight is 286 g/mol. The van der Waals surface area contributed by atoms with E-state index in [-0.39, 0.29) is 24.0 Å². The molecular formula is C15H30N2O3. The topological polar surface area (TPSA) is 64.8 Å². The minimum Gasteiger partial charge on any atom is -0.385 e. The van der Waals surface area contributed by atoms with Gasteiger partial charge >= 0.3 is 0 Å². The zero-order valence-electron chi connectivity index (χ0n) is 13.1. The van der Waals surface area contributed by atoms with Crippen LogP contribution < -0.4 is 5.73 Å². The zero-order chi connectivity index (χ0) is 15.0. The largest absolute Gasteiger partial charge is 0.385 e. The molecule has 0 aliphatic carbocycles. The van der Waals surface area contributed by atoms with E-state index in [1.54, 1.807) is 7.11 Å². The molecule has 0 bridgehead atoms. The Labute approximate surface area is 122 Å². The molecule has 2 unspecified atom stereocenters. The minimum absolute atomic E-state index is 0.0946. The number of ether oxygens (including phenoxy) is 2. The third-order valence-corrected chi connectivity index (χ3v) is 4.14. The van der Waals surface area contributed by atoms with E-state index in [2.05, 4.69) is 6.92 Å². The van der Waals surface area contributed by atoms with Crippen LogP contribution in [0.5, 0.6) is 0 Å². The molecule has 0 aromatic heterocycles. The lowest BCUT2D eigenvalue weighted by Gasteiger charge is -2.34. The number of methoxy groups -OCH3 is 1. The van der Waals surface area contributed by atoms with Crippen molar-refractivity contribution in [1.82, 2.24) is 4.90 Å². The van der Waals surface area contributed by atoms with E-state index in [4.69, 9.17) is 15.2 Å². The van der Waals surface area contributed by atoms with Crippen LogP contribution in [0, 0.1) is 5.92 Å². The van der Waals surface area contributed by atoms with Crippen LogP contribution in [0.25, 0.3) is 0 Å². The van der Waals surface area contributed by atoms with Crippen LogP contribution >= 0.6 is 0 Å². The number of hydrogen-bond acceptors (Lipinski definition) is 4. The molecule has 1 heterocycles. The Morgan fingerprint density at radius 1 is 1.35 bits per heavy atom. The van der Waals surface area contributed by atoms with Gasteiger partial charge in [0.25, 0.3) is 0 Å². The monoisotopic (exact) mass is 286 g/mol. The molecule has 1 aliphatic rings. The lowest BCUT2D eigenvalue weighted by Crippen LogP contribution is -2.50. The fourth-order valence-electron chi connectivity index (χ4n) is 2.40. The summed E-state index contributed by atoms with van der Waals surface area (Å²) in [5.41, 5.74) is 6.01. The van der Waals surface area contributed by atoms with Crippen molar-refractivity contribution in [3.8, 4) is 0 Å². The summed E-state index contributed by atoms with van der Waals surface area (Å²) < 4.78 is 10.8. The van der Waals surface area contributed by atoms with Crippen molar-refractivity contribution in [2.75, 3.05) is 33.4 Å². The average Bonchev–Trinajstić information content (AvgIpc) is 2.50. The predicted octanol–water partition coefficient (Wildman–Crippen LogP) is 1.40. The first-order chi connectivity index (χ1) is 9.60. The quantitative estimate of drug-likeness (QED) is 0.685. The molecule has 0 saturated carbocycles. The third-order valence-electron chi connectivity index (χ3n) is 4.14. The van der Waals surface area contributed by atoms with Crippen LogP contribution in [0.2, 0.25) is 0 Å². The fourth-order valence-corrected chi connectivity index (χ4v) is 2.40. The highest BCUT2D eigenvalue weighted by molar-refractivity contribution is 5.82. The molecule has 118 valence electrons. The van der Waals surface area contributed by atoms with E-state index < -0.39 is 0 Å². The van der Waals surface area contributed by atoms with Crippen LogP contribution in [0.3, 0.4) is 0 Å². The Hall–Kier alpha value is -0.650. The third kappa shape index (κ3) is 5.38. The second-order valence-corrected chi connectivity index (χ2v) is 5.65. The van der Waals surface area contributed by atoms with E-state index in [0.717, 1.165) is 52.0 Å². The smallest absolute Gasteiger partial charge is 0.239 e. The van der Waals surface area contributed by atoms with Gasteiger partial charge in [0.15, 0.2) is 0 Å². The van der Waals surface area contributed by atoms with Crippen molar-refractivity contribution in [3.05, 3.63) is 0 Å². The molecule has 2 atom stereocenters. The van der Waals surface area contributed by atoms with E-state index in [1.807, 2.05) is 11.8 Å². The molecule has 1 aliphatic heterocycles. The van der Waals surface area contributed by atoms with Gasteiger partial charge < -0.3 is 20.1 Å². The van der Waals surface area contributed by atoms with Crippen molar-refractivity contribution in [1.29, 1.82) is 0 Å². The highest BCUT2D eigenvalue weighted by Gasteiger charge is 2.28. The first-order valence-electron chi connectivity index (χ1n) is 7.75. The molecule has 0 aromatic carbocycles. The second kappa shape index (κ2) is 9.32. The Balaban J connectivity index is 2.26. The predicted molar refractivity (Wildman–Crippen MR) is 79.5 cm³/mol. The van der Waals surface area contributed by atoms with Crippen molar-refractivity contribution in [3.63, 3.8) is 0 Å². The lowest BCUT2D eigenvalue weighted by molar-refractivity contribution is -0.136. The summed E-state index contributed by atoms with van der Waals surface area (Å²) in [6.07, 6.45) is 3.95. The number of likely N-dealkylation sites (tertiary alicyclic amines) is 1. The van der Waals surface area contributed by atoms with Gasteiger partial charge in [-0.3, -0.25) is 4.79 Å². The minimum atomic E-state index is -0.362. The summed E-state index contributed by atoms with van der Waals surface area (Å²) in [5.74, 6) is 0.336. The van der Waals surface area contributed by atoms with Gasteiger partial charge in [-0.1, -0.05) is 20.3 Å². The van der Waals surface area contributed by atoms with Gasteiger partial charge in [0, 0.05) is 33.4 Å². The SMILES string of the molecule is CCC(C)C(N)C(=O)N1CCC(OCCCOC)CC1. The zero-order valence-corrected chi connectivity index (χ0v) is 13.1. The Kier molecular flexibility index (Phi) is 8.11. The first kappa shape index (κ1) is 17.4. The summed E-state index contributed by atoms with van der Waals surface area (Å²) in [6, 6.07) is -0.362. The van der Waals surface area contributed by atoms with E-state index in [1.165, 1.54) is 0 Å². The second-order valence-electron chi connectivity index (χ2n) is 5.65. The fraction of sp³-hybridized carbons (Fsp3) is 0.933. The molecule has 0 aromatic rings. The molecule has 5 heteroatoms. The number of amides is 1. The first-order valence-corrected chi connectivity index (χ1v) is 7.75. The normalized spacial score (nSPS) is 19.9. The van der Waals surface area contributed by atoms with Crippen LogP contribution in [0.4, 0.5) is 0 Å². The van der Waals surface area contributed by atoms with Gasteiger partial charge in [0.1, 0.15) is 0 Å². The van der Waals surface area contributed by atoms with Crippen LogP contribution in [0.15, 0.2) is 0 Å². The maximum atomic E-state index is 12.2. The number of hydrogen-bond donors (Lipinski definition) is 1. The Morgan fingerprint density at radius 3 is 2.55 bits per heavy atom. The summed E-state index contributed by atoms with van der Waals surface area (Å²) in [7, 11) is 1.70. The molecule has 1 fully saturated rings. The maximum Gasteiger partial charge on any atom is 0.239 e. The van der Waals surface area contributed by atoms with E-state index in [9.17, 15) is 4.79 Å². The molecular weight excluding hydrogens is 256 g/mol. The van der Waals surface area contributed by atoms with Crippen molar-refractivity contribution < 1.29 is 14.3 Å². The molecule has 5 nitrogen and oxygen atoms in total. The molecule has 1 saturated heterocycles. The standard InChI is InChI=1S/C15H30N2O3/c1-4-12(2)14(16)15(18)17-8-6-13(7-9-17)20-11-5-10-19-3/h12-14H,4-11,16H2,1-3H3. The number of rotatable bonds is 8. The number of nitrogens with zero attached hydrogens (tertiary/aromatic N) is 1. The van der Waals surface area contributed by atoms with Crippen LogP contribution in [-0.4, -0.2) is 56.4 Å². The summed E-state index contributed by atoms with van der Waals surface area (Å²) in [6.45, 7) is 7.10. The Morgan fingerprint density at radius 2 is 2.00 bits per heavy atom. The van der Waals surface area contributed by atoms with Crippen molar-refractivity contribution >= 4 is 5.91 Å². The van der Waals surface area contributed by atoms with Gasteiger partial charge in [-0.05, 0) is 25.2 Å². The van der Waals surface area contributed by atoms with Gasteiger partial charge in [0.05, 0.1) is 12.1 Å². The van der Waals surface area contributed by atoms with E-state index >= 15 is 0 Å². The van der Waals surface area contributed by atoms with E-state index in [0.29, 0.717) is 0 Å². The van der Waals surface area contributed by atoms with Crippen LogP contribution in [0.1, 0.15) is 39.5 Å². The molecule has 0 spiro atoms. The van der Waals surface area contributed by atoms with Crippen molar-refractivity contribution in [2.45, 2.75) is 51.7 Å². The van der Waals surface area contributed by atoms with Crippen LogP contribution in [-0.2, 0) is 14.3 Å². The maximum absolute atomic E-state index is 12.2. The highest BCUT2D eigenvalue weighted by atomic mass is 16.5. The molecule has 0 radical (unpaired) electrons. The number of piperidine rings is 1. The molecule has 2 N–H and O–H groups in total. The van der Waals surface area contributed by atoms with Gasteiger partial charge in [-0.2, -0.15) is 0 Å². The molecule has 1 amide bonds. The lowest BCUT2D eigenvalue weighted by atomic mass is 9.97. The van der Waals surface area contributed by atoms with Gasteiger partial charge in [-0.25, -0.2) is 0 Å². The molecule has 20 heavy (non-hydrogen) atoms. The van der Waals surface area contributed by atoms with Gasteiger partial charge in [-0.15, -0.1) is 0 Å². The highest BCUT2D eigenvalue weighted by Crippen LogP contribution is 2.17. The summed E-state index contributed by atoms with van der Waals surface area (Å²) in [4.78, 5) is 14.1. The summed E-state index contributed by atoms with van der Waals surface area (Å²) >= 11 is 0. The summed E-state index contributed by atoms with van der Waals surface area (Å²) in [5, 5.41) is 0. The molecule has 1 rings (SSSR count). The number of carbonyl (C=O) groups is 1. The van der Waals surface area contributed by atoms with Gasteiger partial charge in [0.2, 0.25) is 5.91 Å². The Bertz CT molecular complexity index is 278.